The van der Waals surface area contributed by atoms with E-state index < -0.39 is 66.3 Å². The van der Waals surface area contributed by atoms with Crippen LogP contribution in [0.15, 0.2) is 0 Å². The number of aliphatic hydroxyl groups is 1. The fourth-order valence-electron chi connectivity index (χ4n) is 2.65. The number of aliphatic hydroxyl groups excluding tert-OH is 1. The summed E-state index contributed by atoms with van der Waals surface area (Å²) in [7, 11) is 0. The number of hydrogen-bond donors (Lipinski definition) is 7. The standard InChI is InChI=1S/C19H35N5O7/c1-9(2)7-12(22-16(27)11(20)5-6-14(21)26)17(28)24-15(10(3)4)18(29)23-13(8-25)19(30)31/h9-13,15,25H,5-8,20H2,1-4H3,(H2,21,26)(H,22,27)(H,23,29)(H,24,28)(H,30,31). The van der Waals surface area contributed by atoms with E-state index in [9.17, 15) is 24.0 Å². The zero-order valence-corrected chi connectivity index (χ0v) is 18.4. The molecule has 0 aromatic heterocycles. The highest BCUT2D eigenvalue weighted by Crippen LogP contribution is 2.09. The van der Waals surface area contributed by atoms with Crippen molar-refractivity contribution < 1.29 is 34.2 Å². The highest BCUT2D eigenvalue weighted by atomic mass is 16.4. The monoisotopic (exact) mass is 445 g/mol. The molecule has 4 atom stereocenters. The van der Waals surface area contributed by atoms with Gasteiger partial charge in [-0.25, -0.2) is 4.79 Å². The van der Waals surface area contributed by atoms with Gasteiger partial charge in [0.2, 0.25) is 23.6 Å². The SMILES string of the molecule is CC(C)CC(NC(=O)C(N)CCC(N)=O)C(=O)NC(C(=O)NC(CO)C(=O)O)C(C)C. The third-order valence-electron chi connectivity index (χ3n) is 4.42. The van der Waals surface area contributed by atoms with Gasteiger partial charge >= 0.3 is 5.97 Å². The molecule has 178 valence electrons. The second-order valence-corrected chi connectivity index (χ2v) is 8.11. The summed E-state index contributed by atoms with van der Waals surface area (Å²) in [6.45, 7) is 6.16. The molecule has 12 nitrogen and oxygen atoms in total. The summed E-state index contributed by atoms with van der Waals surface area (Å²) in [5.41, 5.74) is 10.8. The van der Waals surface area contributed by atoms with Gasteiger partial charge in [0.25, 0.3) is 0 Å². The van der Waals surface area contributed by atoms with Crippen molar-refractivity contribution >= 4 is 29.6 Å². The number of carbonyl (C=O) groups is 5. The number of amides is 4. The Labute approximate surface area is 181 Å². The van der Waals surface area contributed by atoms with Gasteiger partial charge in [-0.2, -0.15) is 0 Å². The predicted molar refractivity (Wildman–Crippen MR) is 111 cm³/mol. The van der Waals surface area contributed by atoms with Crippen LogP contribution in [0.1, 0.15) is 47.0 Å². The second-order valence-electron chi connectivity index (χ2n) is 8.11. The lowest BCUT2D eigenvalue weighted by molar-refractivity contribution is -0.143. The summed E-state index contributed by atoms with van der Waals surface area (Å²) in [4.78, 5) is 59.5. The maximum atomic E-state index is 12.8. The van der Waals surface area contributed by atoms with Crippen LogP contribution in [0.5, 0.6) is 0 Å². The molecule has 31 heavy (non-hydrogen) atoms. The van der Waals surface area contributed by atoms with Crippen molar-refractivity contribution in [3.05, 3.63) is 0 Å². The van der Waals surface area contributed by atoms with Crippen molar-refractivity contribution in [1.82, 2.24) is 16.0 Å². The largest absolute Gasteiger partial charge is 0.480 e. The van der Waals surface area contributed by atoms with E-state index in [-0.39, 0.29) is 25.2 Å². The van der Waals surface area contributed by atoms with Crippen LogP contribution in [0.25, 0.3) is 0 Å². The lowest BCUT2D eigenvalue weighted by Gasteiger charge is -2.27. The Balaban J connectivity index is 5.31. The Morgan fingerprint density at radius 1 is 0.871 bits per heavy atom. The van der Waals surface area contributed by atoms with Gasteiger partial charge in [0.1, 0.15) is 18.1 Å². The highest BCUT2D eigenvalue weighted by Gasteiger charge is 2.32. The zero-order chi connectivity index (χ0) is 24.3. The molecule has 4 unspecified atom stereocenters. The van der Waals surface area contributed by atoms with E-state index in [0.717, 1.165) is 0 Å². The van der Waals surface area contributed by atoms with Gasteiger partial charge in [-0.1, -0.05) is 27.7 Å². The molecule has 0 aliphatic heterocycles. The van der Waals surface area contributed by atoms with Crippen LogP contribution in [0.4, 0.5) is 0 Å². The smallest absolute Gasteiger partial charge is 0.328 e. The molecule has 0 saturated carbocycles. The van der Waals surface area contributed by atoms with Crippen molar-refractivity contribution in [2.45, 2.75) is 71.1 Å². The Morgan fingerprint density at radius 3 is 1.84 bits per heavy atom. The number of carboxylic acid groups (broad SMARTS) is 1. The molecular weight excluding hydrogens is 410 g/mol. The molecule has 0 rings (SSSR count). The molecule has 0 aliphatic carbocycles. The zero-order valence-electron chi connectivity index (χ0n) is 18.4. The topological polar surface area (TPSA) is 214 Å². The van der Waals surface area contributed by atoms with Gasteiger partial charge < -0.3 is 37.6 Å². The van der Waals surface area contributed by atoms with E-state index in [2.05, 4.69) is 16.0 Å². The summed E-state index contributed by atoms with van der Waals surface area (Å²) >= 11 is 0. The summed E-state index contributed by atoms with van der Waals surface area (Å²) in [6.07, 6.45) is 0.188. The van der Waals surface area contributed by atoms with Crippen LogP contribution >= 0.6 is 0 Å². The molecule has 0 spiro atoms. The van der Waals surface area contributed by atoms with Crippen LogP contribution in [0.3, 0.4) is 0 Å². The van der Waals surface area contributed by atoms with Crippen LogP contribution < -0.4 is 27.4 Å². The number of hydrogen-bond acceptors (Lipinski definition) is 7. The quantitative estimate of drug-likeness (QED) is 0.155. The van der Waals surface area contributed by atoms with Gasteiger partial charge in [0.05, 0.1) is 12.6 Å². The number of rotatable bonds is 14. The van der Waals surface area contributed by atoms with Crippen LogP contribution in [0.2, 0.25) is 0 Å². The maximum absolute atomic E-state index is 12.8. The van der Waals surface area contributed by atoms with Crippen molar-refractivity contribution in [3.8, 4) is 0 Å². The molecular formula is C19H35N5O7. The van der Waals surface area contributed by atoms with Crippen LogP contribution in [-0.2, 0) is 24.0 Å². The Morgan fingerprint density at radius 2 is 1.42 bits per heavy atom. The fourth-order valence-corrected chi connectivity index (χ4v) is 2.65. The molecule has 0 aromatic rings. The van der Waals surface area contributed by atoms with Gasteiger partial charge in [-0.15, -0.1) is 0 Å². The number of carbonyl (C=O) groups excluding carboxylic acids is 4. The molecule has 9 N–H and O–H groups in total. The van der Waals surface area contributed by atoms with E-state index in [0.29, 0.717) is 0 Å². The molecule has 4 amide bonds. The molecule has 0 aliphatic rings. The first kappa shape index (κ1) is 28.3. The van der Waals surface area contributed by atoms with Gasteiger partial charge in [0, 0.05) is 6.42 Å². The Kier molecular flexibility index (Phi) is 12.4. The predicted octanol–water partition coefficient (Wildman–Crippen LogP) is -2.19. The van der Waals surface area contributed by atoms with Gasteiger partial charge in [0.15, 0.2) is 0 Å². The average Bonchev–Trinajstić information content (AvgIpc) is 2.66. The van der Waals surface area contributed by atoms with E-state index in [1.54, 1.807) is 13.8 Å². The first-order valence-corrected chi connectivity index (χ1v) is 10.1. The van der Waals surface area contributed by atoms with E-state index in [1.165, 1.54) is 0 Å². The third kappa shape index (κ3) is 10.7. The molecule has 12 heteroatoms. The molecule has 0 heterocycles. The molecule has 0 radical (unpaired) electrons. The van der Waals surface area contributed by atoms with E-state index in [1.807, 2.05) is 13.8 Å². The molecule has 0 saturated heterocycles. The first-order chi connectivity index (χ1) is 14.3. The van der Waals surface area contributed by atoms with Crippen molar-refractivity contribution in [1.29, 1.82) is 0 Å². The van der Waals surface area contributed by atoms with Crippen molar-refractivity contribution in [2.24, 2.45) is 23.3 Å². The van der Waals surface area contributed by atoms with Crippen molar-refractivity contribution in [2.75, 3.05) is 6.61 Å². The minimum absolute atomic E-state index is 0.00926. The number of aliphatic carboxylic acids is 1. The number of nitrogens with one attached hydrogen (secondary N) is 3. The summed E-state index contributed by atoms with van der Waals surface area (Å²) < 4.78 is 0. The van der Waals surface area contributed by atoms with E-state index in [4.69, 9.17) is 21.7 Å². The first-order valence-electron chi connectivity index (χ1n) is 10.1. The third-order valence-corrected chi connectivity index (χ3v) is 4.42. The van der Waals surface area contributed by atoms with Gasteiger partial charge in [-0.3, -0.25) is 19.2 Å². The van der Waals surface area contributed by atoms with Gasteiger partial charge in [-0.05, 0) is 24.7 Å². The Hall–Kier alpha value is -2.73. The summed E-state index contributed by atoms with van der Waals surface area (Å²) in [5.74, 6) is -4.49. The normalized spacial score (nSPS) is 15.0. The lowest BCUT2D eigenvalue weighted by Crippen LogP contribution is -2.59. The van der Waals surface area contributed by atoms with Crippen LogP contribution in [-0.4, -0.2) is 70.6 Å². The maximum Gasteiger partial charge on any atom is 0.328 e. The van der Waals surface area contributed by atoms with E-state index >= 15 is 0 Å². The van der Waals surface area contributed by atoms with Crippen LogP contribution in [0, 0.1) is 11.8 Å². The summed E-state index contributed by atoms with van der Waals surface area (Å²) in [6, 6.07) is -4.66. The Bertz CT molecular complexity index is 654. The van der Waals surface area contributed by atoms with Crippen molar-refractivity contribution in [3.63, 3.8) is 0 Å². The second kappa shape index (κ2) is 13.5. The highest BCUT2D eigenvalue weighted by molar-refractivity contribution is 5.94. The summed E-state index contributed by atoms with van der Waals surface area (Å²) in [5, 5.41) is 25.3. The minimum atomic E-state index is -1.51. The fraction of sp³-hybridized carbons (Fsp3) is 0.737. The minimum Gasteiger partial charge on any atom is -0.480 e. The lowest BCUT2D eigenvalue weighted by atomic mass is 9.99. The number of nitrogens with two attached hydrogens (primary N) is 2. The number of carboxylic acids is 1. The molecule has 0 bridgehead atoms. The molecule has 0 fully saturated rings. The number of primary amides is 1. The average molecular weight is 446 g/mol. The molecule has 0 aromatic carbocycles.